The van der Waals surface area contributed by atoms with E-state index in [1.165, 1.54) is 0 Å². The molecular formula is C14H18NO4P. The summed E-state index contributed by atoms with van der Waals surface area (Å²) in [5.41, 5.74) is 6.65. The summed E-state index contributed by atoms with van der Waals surface area (Å²) in [7, 11) is -0.541. The van der Waals surface area contributed by atoms with Crippen LogP contribution in [0.3, 0.4) is 0 Å². The molecule has 1 aromatic rings. The van der Waals surface area contributed by atoms with E-state index in [0.29, 0.717) is 12.8 Å². The molecule has 0 aromatic heterocycles. The predicted molar refractivity (Wildman–Crippen MR) is 76.6 cm³/mol. The SMILES string of the molecule is NCCC(OP=O)C(=CCCc1ccccc1)C(=O)O. The number of carboxylic acids is 1. The number of allylic oxidation sites excluding steroid dienone is 1. The van der Waals surface area contributed by atoms with E-state index in [1.807, 2.05) is 30.3 Å². The van der Waals surface area contributed by atoms with Gasteiger partial charge in [0.1, 0.15) is 6.10 Å². The molecule has 0 fully saturated rings. The Bertz CT molecular complexity index is 462. The van der Waals surface area contributed by atoms with Crippen LogP contribution in [-0.4, -0.2) is 23.7 Å². The molecule has 0 spiro atoms. The van der Waals surface area contributed by atoms with E-state index in [2.05, 4.69) is 0 Å². The summed E-state index contributed by atoms with van der Waals surface area (Å²) in [6.07, 6.45) is 2.50. The van der Waals surface area contributed by atoms with Crippen molar-refractivity contribution in [1.29, 1.82) is 0 Å². The zero-order valence-electron chi connectivity index (χ0n) is 11.1. The van der Waals surface area contributed by atoms with Crippen molar-refractivity contribution in [3.63, 3.8) is 0 Å². The lowest BCUT2D eigenvalue weighted by Crippen LogP contribution is -2.22. The molecular weight excluding hydrogens is 277 g/mol. The van der Waals surface area contributed by atoms with Gasteiger partial charge in [-0.2, -0.15) is 0 Å². The fourth-order valence-electron chi connectivity index (χ4n) is 1.86. The maximum atomic E-state index is 11.2. The van der Waals surface area contributed by atoms with Crippen LogP contribution in [0.5, 0.6) is 0 Å². The molecule has 0 aliphatic rings. The van der Waals surface area contributed by atoms with Gasteiger partial charge in [0, 0.05) is 0 Å². The van der Waals surface area contributed by atoms with Crippen molar-refractivity contribution in [2.24, 2.45) is 5.73 Å². The molecule has 3 N–H and O–H groups in total. The van der Waals surface area contributed by atoms with Crippen LogP contribution >= 0.6 is 8.69 Å². The lowest BCUT2D eigenvalue weighted by molar-refractivity contribution is -0.133. The molecule has 0 radical (unpaired) electrons. The summed E-state index contributed by atoms with van der Waals surface area (Å²) in [6, 6.07) is 9.78. The summed E-state index contributed by atoms with van der Waals surface area (Å²) in [5, 5.41) is 9.20. The predicted octanol–water partition coefficient (Wildman–Crippen LogP) is 2.57. The standard InChI is InChI=1S/C14H18NO4P/c15-10-9-13(19-20-18)12(14(16)17)8-4-7-11-5-2-1-3-6-11/h1-3,5-6,8,13H,4,7,9-10,15H2,(H,16,17). The van der Waals surface area contributed by atoms with Crippen molar-refractivity contribution in [1.82, 2.24) is 0 Å². The molecule has 1 rings (SSSR count). The van der Waals surface area contributed by atoms with Gasteiger partial charge in [-0.25, -0.2) is 9.36 Å². The molecule has 20 heavy (non-hydrogen) atoms. The van der Waals surface area contributed by atoms with Crippen molar-refractivity contribution in [3.05, 3.63) is 47.5 Å². The van der Waals surface area contributed by atoms with Gasteiger partial charge in [0.15, 0.2) is 0 Å². The third-order valence-electron chi connectivity index (χ3n) is 2.83. The van der Waals surface area contributed by atoms with E-state index in [-0.39, 0.29) is 12.1 Å². The van der Waals surface area contributed by atoms with Crippen LogP contribution in [0, 0.1) is 0 Å². The number of rotatable bonds is 9. The van der Waals surface area contributed by atoms with Crippen LogP contribution in [-0.2, 0) is 20.3 Å². The average Bonchev–Trinajstić information content (AvgIpc) is 2.44. The molecule has 0 bridgehead atoms. The second-order valence-electron chi connectivity index (χ2n) is 4.23. The number of aliphatic carboxylic acids is 1. The largest absolute Gasteiger partial charge is 0.478 e. The smallest absolute Gasteiger partial charge is 0.333 e. The van der Waals surface area contributed by atoms with Gasteiger partial charge in [-0.05, 0) is 31.4 Å². The van der Waals surface area contributed by atoms with Gasteiger partial charge in [-0.3, -0.25) is 4.52 Å². The van der Waals surface area contributed by atoms with Crippen LogP contribution in [0.15, 0.2) is 42.0 Å². The van der Waals surface area contributed by atoms with Crippen LogP contribution in [0.1, 0.15) is 18.4 Å². The van der Waals surface area contributed by atoms with Gasteiger partial charge in [-0.1, -0.05) is 36.4 Å². The van der Waals surface area contributed by atoms with Crippen molar-refractivity contribution < 1.29 is 19.0 Å². The molecule has 0 heterocycles. The Labute approximate surface area is 119 Å². The normalized spacial score (nSPS) is 13.3. The molecule has 108 valence electrons. The minimum Gasteiger partial charge on any atom is -0.478 e. The van der Waals surface area contributed by atoms with Crippen molar-refractivity contribution in [3.8, 4) is 0 Å². The monoisotopic (exact) mass is 295 g/mol. The van der Waals surface area contributed by atoms with Crippen molar-refractivity contribution >= 4 is 14.7 Å². The van der Waals surface area contributed by atoms with E-state index < -0.39 is 20.8 Å². The molecule has 1 atom stereocenters. The number of benzene rings is 1. The Morgan fingerprint density at radius 2 is 2.10 bits per heavy atom. The Morgan fingerprint density at radius 3 is 2.65 bits per heavy atom. The summed E-state index contributed by atoms with van der Waals surface area (Å²) < 4.78 is 15.4. The number of carbonyl (C=O) groups is 1. The fourth-order valence-corrected chi connectivity index (χ4v) is 2.19. The molecule has 5 nitrogen and oxygen atoms in total. The first-order valence-corrected chi connectivity index (χ1v) is 7.08. The summed E-state index contributed by atoms with van der Waals surface area (Å²) >= 11 is 0. The van der Waals surface area contributed by atoms with Crippen molar-refractivity contribution in [2.45, 2.75) is 25.4 Å². The highest BCUT2D eigenvalue weighted by Gasteiger charge is 2.20. The molecule has 0 aliphatic carbocycles. The number of aryl methyl sites for hydroxylation is 1. The first-order valence-electron chi connectivity index (χ1n) is 6.34. The maximum Gasteiger partial charge on any atom is 0.333 e. The summed E-state index contributed by atoms with van der Waals surface area (Å²) in [6.45, 7) is 0.267. The van der Waals surface area contributed by atoms with Gasteiger partial charge in [0.2, 0.25) is 0 Å². The highest BCUT2D eigenvalue weighted by atomic mass is 31.1. The van der Waals surface area contributed by atoms with Crippen LogP contribution in [0.25, 0.3) is 0 Å². The number of hydrogen-bond donors (Lipinski definition) is 2. The second-order valence-corrected chi connectivity index (χ2v) is 4.59. The molecule has 1 unspecified atom stereocenters. The van der Waals surface area contributed by atoms with E-state index in [9.17, 15) is 14.5 Å². The van der Waals surface area contributed by atoms with Crippen LogP contribution < -0.4 is 5.73 Å². The molecule has 0 amide bonds. The first-order chi connectivity index (χ1) is 9.69. The van der Waals surface area contributed by atoms with Gasteiger partial charge < -0.3 is 10.8 Å². The molecule has 0 saturated heterocycles. The quantitative estimate of drug-likeness (QED) is 0.540. The zero-order chi connectivity index (χ0) is 14.8. The van der Waals surface area contributed by atoms with Crippen LogP contribution in [0.4, 0.5) is 0 Å². The highest BCUT2D eigenvalue weighted by molar-refractivity contribution is 7.17. The highest BCUT2D eigenvalue weighted by Crippen LogP contribution is 2.17. The number of hydrogen-bond acceptors (Lipinski definition) is 4. The van der Waals surface area contributed by atoms with Gasteiger partial charge in [0.05, 0.1) is 5.57 Å². The third kappa shape index (κ3) is 5.61. The summed E-state index contributed by atoms with van der Waals surface area (Å²) in [4.78, 5) is 11.2. The maximum absolute atomic E-state index is 11.2. The zero-order valence-corrected chi connectivity index (χ0v) is 12.0. The lowest BCUT2D eigenvalue weighted by Gasteiger charge is -2.13. The third-order valence-corrected chi connectivity index (χ3v) is 3.17. The molecule has 0 aliphatic heterocycles. The van der Waals surface area contributed by atoms with Gasteiger partial charge in [-0.15, -0.1) is 0 Å². The van der Waals surface area contributed by atoms with E-state index in [0.717, 1.165) is 12.0 Å². The Balaban J connectivity index is 2.70. The van der Waals surface area contributed by atoms with E-state index in [1.54, 1.807) is 6.08 Å². The van der Waals surface area contributed by atoms with Gasteiger partial charge >= 0.3 is 14.7 Å². The Hall–Kier alpha value is -1.55. The number of carboxylic acid groups (broad SMARTS) is 1. The Morgan fingerprint density at radius 1 is 1.40 bits per heavy atom. The minimum absolute atomic E-state index is 0.106. The topological polar surface area (TPSA) is 89.6 Å². The molecule has 1 aromatic carbocycles. The first kappa shape index (κ1) is 16.5. The molecule has 0 saturated carbocycles. The van der Waals surface area contributed by atoms with Crippen LogP contribution in [0.2, 0.25) is 0 Å². The summed E-state index contributed by atoms with van der Waals surface area (Å²) in [5.74, 6) is -1.07. The average molecular weight is 295 g/mol. The van der Waals surface area contributed by atoms with E-state index >= 15 is 0 Å². The fraction of sp³-hybridized carbons (Fsp3) is 0.357. The van der Waals surface area contributed by atoms with Gasteiger partial charge in [0.25, 0.3) is 0 Å². The lowest BCUT2D eigenvalue weighted by atomic mass is 10.0. The minimum atomic E-state index is -1.07. The van der Waals surface area contributed by atoms with E-state index in [4.69, 9.17) is 10.3 Å². The number of nitrogens with two attached hydrogens (primary N) is 1. The Kier molecular flexibility index (Phi) is 7.73. The molecule has 6 heteroatoms. The second kappa shape index (κ2) is 9.37. The van der Waals surface area contributed by atoms with Crippen molar-refractivity contribution in [2.75, 3.05) is 6.54 Å².